The zero-order valence-corrected chi connectivity index (χ0v) is 14.9. The predicted octanol–water partition coefficient (Wildman–Crippen LogP) is 3.30. The molecule has 0 bridgehead atoms. The largest absolute Gasteiger partial charge is 0.345 e. The fourth-order valence-corrected chi connectivity index (χ4v) is 3.42. The Hall–Kier alpha value is -1.79. The molecule has 0 heterocycles. The van der Waals surface area contributed by atoms with Gasteiger partial charge in [0.2, 0.25) is 0 Å². The zero-order chi connectivity index (χ0) is 17.0. The first kappa shape index (κ1) is 17.6. The van der Waals surface area contributed by atoms with Gasteiger partial charge in [-0.15, -0.1) is 11.8 Å². The lowest BCUT2D eigenvalue weighted by Gasteiger charge is -2.16. The zero-order valence-electron chi connectivity index (χ0n) is 13.2. The molecule has 0 fully saturated rings. The van der Waals surface area contributed by atoms with Crippen molar-refractivity contribution in [2.45, 2.75) is 22.8 Å². The molecule has 0 saturated heterocycles. The molecule has 1 atom stereocenters. The maximum absolute atomic E-state index is 12.4. The quantitative estimate of drug-likeness (QED) is 0.841. The number of nitrogens with one attached hydrogen (secondary N) is 1. The number of benzene rings is 2. The van der Waals surface area contributed by atoms with E-state index in [1.54, 1.807) is 30.3 Å². The smallest absolute Gasteiger partial charge is 0.252 e. The standard InChI is InChI=1S/C17H19NO3S2/c1-12(13-8-10-14(11-9-13)23(3,20)21)18-17(19)15-6-4-5-7-16(15)22-2/h4-12H,1-3H3,(H,18,19)/t12-/m0/s1. The summed E-state index contributed by atoms with van der Waals surface area (Å²) in [7, 11) is -3.21. The van der Waals surface area contributed by atoms with Crippen molar-refractivity contribution >= 4 is 27.5 Å². The van der Waals surface area contributed by atoms with E-state index in [-0.39, 0.29) is 16.8 Å². The third-order valence-electron chi connectivity index (χ3n) is 3.51. The van der Waals surface area contributed by atoms with Gasteiger partial charge in [-0.1, -0.05) is 24.3 Å². The van der Waals surface area contributed by atoms with Crippen LogP contribution in [0, 0.1) is 0 Å². The number of carbonyl (C=O) groups is 1. The minimum Gasteiger partial charge on any atom is -0.345 e. The molecule has 0 aromatic heterocycles. The minimum atomic E-state index is -3.21. The van der Waals surface area contributed by atoms with Gasteiger partial charge in [-0.05, 0) is 43.0 Å². The van der Waals surface area contributed by atoms with Crippen LogP contribution in [0.15, 0.2) is 58.3 Å². The van der Waals surface area contributed by atoms with E-state index < -0.39 is 9.84 Å². The lowest BCUT2D eigenvalue weighted by Crippen LogP contribution is -2.27. The first-order valence-corrected chi connectivity index (χ1v) is 10.2. The summed E-state index contributed by atoms with van der Waals surface area (Å²) in [4.78, 5) is 13.6. The van der Waals surface area contributed by atoms with Crippen LogP contribution in [0.5, 0.6) is 0 Å². The summed E-state index contributed by atoms with van der Waals surface area (Å²) in [5.41, 5.74) is 1.49. The van der Waals surface area contributed by atoms with Gasteiger partial charge in [-0.25, -0.2) is 8.42 Å². The lowest BCUT2D eigenvalue weighted by molar-refractivity contribution is 0.0937. The average Bonchev–Trinajstić information content (AvgIpc) is 2.54. The highest BCUT2D eigenvalue weighted by atomic mass is 32.2. The number of sulfone groups is 1. The maximum Gasteiger partial charge on any atom is 0.252 e. The first-order chi connectivity index (χ1) is 10.8. The molecular weight excluding hydrogens is 330 g/mol. The average molecular weight is 349 g/mol. The number of hydrogen-bond acceptors (Lipinski definition) is 4. The third kappa shape index (κ3) is 4.36. The molecule has 0 aliphatic heterocycles. The van der Waals surface area contributed by atoms with Gasteiger partial charge in [0.25, 0.3) is 5.91 Å². The third-order valence-corrected chi connectivity index (χ3v) is 5.43. The van der Waals surface area contributed by atoms with E-state index in [9.17, 15) is 13.2 Å². The molecule has 0 radical (unpaired) electrons. The fourth-order valence-electron chi connectivity index (χ4n) is 2.19. The molecular formula is C17H19NO3S2. The molecule has 1 N–H and O–H groups in total. The molecule has 122 valence electrons. The van der Waals surface area contributed by atoms with E-state index >= 15 is 0 Å². The summed E-state index contributed by atoms with van der Waals surface area (Å²) >= 11 is 1.52. The van der Waals surface area contributed by atoms with Crippen LogP contribution in [0.25, 0.3) is 0 Å². The van der Waals surface area contributed by atoms with Gasteiger partial charge in [0.1, 0.15) is 0 Å². The number of hydrogen-bond donors (Lipinski definition) is 1. The van der Waals surface area contributed by atoms with Gasteiger partial charge < -0.3 is 5.32 Å². The molecule has 2 aromatic carbocycles. The number of carbonyl (C=O) groups excluding carboxylic acids is 1. The molecule has 23 heavy (non-hydrogen) atoms. The molecule has 2 aromatic rings. The van der Waals surface area contributed by atoms with Crippen LogP contribution in [0.2, 0.25) is 0 Å². The van der Waals surface area contributed by atoms with Crippen molar-refractivity contribution in [3.05, 3.63) is 59.7 Å². The van der Waals surface area contributed by atoms with Crippen molar-refractivity contribution in [3.8, 4) is 0 Å². The van der Waals surface area contributed by atoms with Crippen molar-refractivity contribution in [1.29, 1.82) is 0 Å². The SMILES string of the molecule is CSc1ccccc1C(=O)N[C@@H](C)c1ccc(S(C)(=O)=O)cc1. The first-order valence-electron chi connectivity index (χ1n) is 7.07. The number of thioether (sulfide) groups is 1. The molecule has 4 nitrogen and oxygen atoms in total. The van der Waals surface area contributed by atoms with E-state index in [1.165, 1.54) is 18.0 Å². The summed E-state index contributed by atoms with van der Waals surface area (Å²) in [5, 5.41) is 2.94. The fraction of sp³-hybridized carbons (Fsp3) is 0.235. The Labute approximate surface area is 141 Å². The molecule has 6 heteroatoms. The topological polar surface area (TPSA) is 63.2 Å². The van der Waals surface area contributed by atoms with Crippen LogP contribution >= 0.6 is 11.8 Å². The second-order valence-electron chi connectivity index (χ2n) is 5.24. The molecule has 0 aliphatic carbocycles. The van der Waals surface area contributed by atoms with Gasteiger partial charge in [0.05, 0.1) is 16.5 Å². The van der Waals surface area contributed by atoms with Crippen LogP contribution in [-0.4, -0.2) is 26.8 Å². The van der Waals surface area contributed by atoms with Gasteiger partial charge in [-0.2, -0.15) is 0 Å². The molecule has 0 aliphatic rings. The van der Waals surface area contributed by atoms with E-state index in [2.05, 4.69) is 5.32 Å². The van der Waals surface area contributed by atoms with E-state index in [4.69, 9.17) is 0 Å². The highest BCUT2D eigenvalue weighted by molar-refractivity contribution is 7.98. The minimum absolute atomic E-state index is 0.144. The maximum atomic E-state index is 12.4. The van der Waals surface area contributed by atoms with E-state index in [1.807, 2.05) is 31.4 Å². The molecule has 0 unspecified atom stereocenters. The van der Waals surface area contributed by atoms with Crippen molar-refractivity contribution in [3.63, 3.8) is 0 Å². The normalized spacial score (nSPS) is 12.7. The second kappa shape index (κ2) is 7.19. The number of rotatable bonds is 5. The molecule has 0 spiro atoms. The van der Waals surface area contributed by atoms with Crippen molar-refractivity contribution in [2.75, 3.05) is 12.5 Å². The second-order valence-corrected chi connectivity index (χ2v) is 8.10. The van der Waals surface area contributed by atoms with Crippen LogP contribution < -0.4 is 5.32 Å². The van der Waals surface area contributed by atoms with Gasteiger partial charge in [0.15, 0.2) is 9.84 Å². The Bertz CT molecular complexity index is 799. The van der Waals surface area contributed by atoms with Gasteiger partial charge in [0, 0.05) is 11.2 Å². The van der Waals surface area contributed by atoms with Crippen molar-refractivity contribution in [2.24, 2.45) is 0 Å². The monoisotopic (exact) mass is 349 g/mol. The molecule has 0 saturated carbocycles. The Balaban J connectivity index is 2.15. The van der Waals surface area contributed by atoms with Crippen LogP contribution in [0.3, 0.4) is 0 Å². The summed E-state index contributed by atoms with van der Waals surface area (Å²) in [6, 6.07) is 13.8. The van der Waals surface area contributed by atoms with Crippen molar-refractivity contribution in [1.82, 2.24) is 5.32 Å². The summed E-state index contributed by atoms with van der Waals surface area (Å²) < 4.78 is 23.0. The van der Waals surface area contributed by atoms with E-state index in [0.29, 0.717) is 5.56 Å². The Morgan fingerprint density at radius 3 is 2.26 bits per heavy atom. The molecule has 2 rings (SSSR count). The Morgan fingerprint density at radius 2 is 1.70 bits per heavy atom. The Kier molecular flexibility index (Phi) is 5.49. The molecule has 1 amide bonds. The summed E-state index contributed by atoms with van der Waals surface area (Å²) in [6.45, 7) is 1.87. The van der Waals surface area contributed by atoms with Crippen LogP contribution in [-0.2, 0) is 9.84 Å². The predicted molar refractivity (Wildman–Crippen MR) is 93.7 cm³/mol. The van der Waals surface area contributed by atoms with Crippen LogP contribution in [0.4, 0.5) is 0 Å². The lowest BCUT2D eigenvalue weighted by atomic mass is 10.1. The van der Waals surface area contributed by atoms with Gasteiger partial charge >= 0.3 is 0 Å². The summed E-state index contributed by atoms with van der Waals surface area (Å²) in [6.07, 6.45) is 3.10. The summed E-state index contributed by atoms with van der Waals surface area (Å²) in [5.74, 6) is -0.144. The van der Waals surface area contributed by atoms with Gasteiger partial charge in [-0.3, -0.25) is 4.79 Å². The van der Waals surface area contributed by atoms with Crippen molar-refractivity contribution < 1.29 is 13.2 Å². The van der Waals surface area contributed by atoms with E-state index in [0.717, 1.165) is 10.5 Å². The number of amides is 1. The Morgan fingerprint density at radius 1 is 1.09 bits per heavy atom. The highest BCUT2D eigenvalue weighted by Crippen LogP contribution is 2.21. The van der Waals surface area contributed by atoms with Crippen LogP contribution in [0.1, 0.15) is 28.9 Å². The highest BCUT2D eigenvalue weighted by Gasteiger charge is 2.15.